The molecule has 0 aliphatic rings. The molecule has 0 bridgehead atoms. The maximum Gasteiger partial charge on any atom is 0.216 e. The molecule has 0 saturated heterocycles. The van der Waals surface area contributed by atoms with E-state index < -0.39 is 11.8 Å². The molecule has 0 saturated carbocycles. The maximum absolute atomic E-state index is 12.4. The van der Waals surface area contributed by atoms with Gasteiger partial charge >= 0.3 is 0 Å². The van der Waals surface area contributed by atoms with Gasteiger partial charge in [-0.05, 0) is 6.92 Å². The van der Waals surface area contributed by atoms with Crippen LogP contribution in [0.3, 0.4) is 0 Å². The largest absolute Gasteiger partial charge is 0.223 e. The van der Waals surface area contributed by atoms with Gasteiger partial charge in [-0.15, -0.1) is 0 Å². The predicted molar refractivity (Wildman–Crippen MR) is 33.9 cm³/mol. The third kappa shape index (κ3) is 1.24. The number of aryl methyl sites for hydroxylation is 1. The van der Waals surface area contributed by atoms with E-state index in [0.29, 0.717) is 6.07 Å². The number of rotatable bonds is 0. The van der Waals surface area contributed by atoms with E-state index in [9.17, 15) is 8.78 Å². The van der Waals surface area contributed by atoms with E-state index in [0.717, 1.165) is 0 Å². The number of aromatic nitrogens is 1. The first-order chi connectivity index (χ1) is 4.61. The Balaban J connectivity index is 3.31. The lowest BCUT2D eigenvalue weighted by molar-refractivity contribution is 0.548. The lowest BCUT2D eigenvalue weighted by Crippen LogP contribution is -1.91. The van der Waals surface area contributed by atoms with Gasteiger partial charge in [-0.2, -0.15) is 4.39 Å². The number of pyridine rings is 1. The zero-order valence-electron chi connectivity index (χ0n) is 5.16. The maximum atomic E-state index is 12.4. The Bertz CT molecular complexity index is 239. The quantitative estimate of drug-likeness (QED) is 0.535. The molecule has 54 valence electrons. The molecule has 0 spiro atoms. The standard InChI is InChI=1S/C6H4ClF2N/c1-3-6(7)4(8)2-5(9)10-3/h2H,1H3. The van der Waals surface area contributed by atoms with Gasteiger partial charge in [-0.3, -0.25) is 0 Å². The number of hydrogen-bond acceptors (Lipinski definition) is 1. The van der Waals surface area contributed by atoms with Crippen LogP contribution in [0.25, 0.3) is 0 Å². The predicted octanol–water partition coefficient (Wildman–Crippen LogP) is 2.32. The molecule has 1 rings (SSSR count). The molecule has 1 aromatic heterocycles. The van der Waals surface area contributed by atoms with E-state index in [1.807, 2.05) is 0 Å². The highest BCUT2D eigenvalue weighted by molar-refractivity contribution is 6.31. The van der Waals surface area contributed by atoms with Crippen LogP contribution in [0.2, 0.25) is 5.02 Å². The highest BCUT2D eigenvalue weighted by Crippen LogP contribution is 2.17. The van der Waals surface area contributed by atoms with Crippen molar-refractivity contribution in [2.45, 2.75) is 6.92 Å². The molecule has 1 nitrogen and oxygen atoms in total. The summed E-state index contributed by atoms with van der Waals surface area (Å²) in [6, 6.07) is 0.648. The zero-order valence-corrected chi connectivity index (χ0v) is 5.91. The van der Waals surface area contributed by atoms with E-state index in [2.05, 4.69) is 4.98 Å². The smallest absolute Gasteiger partial charge is 0.216 e. The fourth-order valence-corrected chi connectivity index (χ4v) is 0.679. The molecule has 0 N–H and O–H groups in total. The van der Waals surface area contributed by atoms with E-state index in [1.54, 1.807) is 0 Å². The lowest BCUT2D eigenvalue weighted by atomic mass is 10.4. The normalized spacial score (nSPS) is 10.0. The van der Waals surface area contributed by atoms with Crippen LogP contribution in [0.4, 0.5) is 8.78 Å². The molecule has 0 aromatic carbocycles. The molecule has 0 radical (unpaired) electrons. The zero-order chi connectivity index (χ0) is 7.72. The molecular formula is C6H4ClF2N. The Labute approximate surface area is 61.7 Å². The van der Waals surface area contributed by atoms with Crippen molar-refractivity contribution >= 4 is 11.6 Å². The molecule has 0 aliphatic carbocycles. The Morgan fingerprint density at radius 3 is 2.60 bits per heavy atom. The second-order valence-corrected chi connectivity index (χ2v) is 2.20. The molecular weight excluding hydrogens is 160 g/mol. The first kappa shape index (κ1) is 7.41. The van der Waals surface area contributed by atoms with Crippen molar-refractivity contribution < 1.29 is 8.78 Å². The topological polar surface area (TPSA) is 12.9 Å². The molecule has 1 aromatic rings. The average Bonchev–Trinajstić information content (AvgIpc) is 1.82. The summed E-state index contributed by atoms with van der Waals surface area (Å²) in [5.74, 6) is -1.62. The first-order valence-corrected chi connectivity index (χ1v) is 2.97. The van der Waals surface area contributed by atoms with Crippen molar-refractivity contribution in [3.63, 3.8) is 0 Å². The van der Waals surface area contributed by atoms with E-state index in [4.69, 9.17) is 11.6 Å². The van der Waals surface area contributed by atoms with Crippen molar-refractivity contribution in [2.75, 3.05) is 0 Å². The van der Waals surface area contributed by atoms with Crippen LogP contribution in [0, 0.1) is 18.7 Å². The third-order valence-corrected chi connectivity index (χ3v) is 1.50. The van der Waals surface area contributed by atoms with Gasteiger partial charge in [0.1, 0.15) is 5.82 Å². The Kier molecular flexibility index (Phi) is 1.85. The van der Waals surface area contributed by atoms with Crippen LogP contribution in [0.5, 0.6) is 0 Å². The Morgan fingerprint density at radius 1 is 1.50 bits per heavy atom. The molecule has 0 aliphatic heterocycles. The number of halogens is 3. The minimum absolute atomic E-state index is 0.124. The van der Waals surface area contributed by atoms with Gasteiger partial charge in [-0.1, -0.05) is 11.6 Å². The van der Waals surface area contributed by atoms with Crippen LogP contribution in [0.1, 0.15) is 5.69 Å². The van der Waals surface area contributed by atoms with E-state index >= 15 is 0 Å². The molecule has 10 heavy (non-hydrogen) atoms. The highest BCUT2D eigenvalue weighted by Gasteiger charge is 2.05. The third-order valence-electron chi connectivity index (χ3n) is 1.05. The summed E-state index contributed by atoms with van der Waals surface area (Å²) in [5.41, 5.74) is 0.166. The van der Waals surface area contributed by atoms with Gasteiger partial charge in [-0.25, -0.2) is 9.37 Å². The van der Waals surface area contributed by atoms with Crippen LogP contribution in [0.15, 0.2) is 6.07 Å². The van der Waals surface area contributed by atoms with Gasteiger partial charge in [0.05, 0.1) is 10.7 Å². The number of nitrogens with zero attached hydrogens (tertiary/aromatic N) is 1. The van der Waals surface area contributed by atoms with Gasteiger partial charge in [0.15, 0.2) is 0 Å². The summed E-state index contributed by atoms with van der Waals surface area (Å²) < 4.78 is 24.6. The summed E-state index contributed by atoms with van der Waals surface area (Å²) in [4.78, 5) is 3.30. The minimum Gasteiger partial charge on any atom is -0.223 e. The molecule has 0 fully saturated rings. The second-order valence-electron chi connectivity index (χ2n) is 1.83. The first-order valence-electron chi connectivity index (χ1n) is 2.59. The van der Waals surface area contributed by atoms with Crippen molar-refractivity contribution in [2.24, 2.45) is 0 Å². The Hall–Kier alpha value is -0.700. The van der Waals surface area contributed by atoms with Gasteiger partial charge in [0.25, 0.3) is 0 Å². The molecule has 0 unspecified atom stereocenters. The minimum atomic E-state index is -0.848. The average molecular weight is 164 g/mol. The molecule has 1 heterocycles. The summed E-state index contributed by atoms with van der Waals surface area (Å²) in [5, 5.41) is -0.124. The van der Waals surface area contributed by atoms with Gasteiger partial charge in [0.2, 0.25) is 5.95 Å². The molecule has 0 amide bonds. The molecule has 4 heteroatoms. The van der Waals surface area contributed by atoms with Crippen LogP contribution < -0.4 is 0 Å². The van der Waals surface area contributed by atoms with E-state index in [-0.39, 0.29) is 10.7 Å². The summed E-state index contributed by atoms with van der Waals surface area (Å²) in [7, 11) is 0. The van der Waals surface area contributed by atoms with Crippen molar-refractivity contribution in [1.82, 2.24) is 4.98 Å². The Morgan fingerprint density at radius 2 is 2.10 bits per heavy atom. The van der Waals surface area contributed by atoms with Crippen molar-refractivity contribution in [1.29, 1.82) is 0 Å². The fraction of sp³-hybridized carbons (Fsp3) is 0.167. The SMILES string of the molecule is Cc1nc(F)cc(F)c1Cl. The number of hydrogen-bond donors (Lipinski definition) is 0. The van der Waals surface area contributed by atoms with Crippen LogP contribution >= 0.6 is 11.6 Å². The summed E-state index contributed by atoms with van der Waals surface area (Å²) >= 11 is 5.35. The summed E-state index contributed by atoms with van der Waals surface area (Å²) in [6.45, 7) is 1.44. The van der Waals surface area contributed by atoms with Crippen molar-refractivity contribution in [3.8, 4) is 0 Å². The van der Waals surface area contributed by atoms with Gasteiger partial charge < -0.3 is 0 Å². The summed E-state index contributed by atoms with van der Waals surface area (Å²) in [6.07, 6.45) is 0. The lowest BCUT2D eigenvalue weighted by Gasteiger charge is -1.96. The monoisotopic (exact) mass is 163 g/mol. The van der Waals surface area contributed by atoms with Crippen LogP contribution in [-0.4, -0.2) is 4.98 Å². The van der Waals surface area contributed by atoms with Crippen LogP contribution in [-0.2, 0) is 0 Å². The van der Waals surface area contributed by atoms with E-state index in [1.165, 1.54) is 6.92 Å². The highest BCUT2D eigenvalue weighted by atomic mass is 35.5. The fourth-order valence-electron chi connectivity index (χ4n) is 0.582. The van der Waals surface area contributed by atoms with Crippen molar-refractivity contribution in [3.05, 3.63) is 28.5 Å². The van der Waals surface area contributed by atoms with Gasteiger partial charge in [0, 0.05) is 6.07 Å². The molecule has 0 atom stereocenters. The second kappa shape index (κ2) is 2.50.